The first-order chi connectivity index (χ1) is 9.50. The summed E-state index contributed by atoms with van der Waals surface area (Å²) in [5.74, 6) is -1.18. The van der Waals surface area contributed by atoms with Gasteiger partial charge in [0, 0.05) is 25.0 Å². The third-order valence-corrected chi connectivity index (χ3v) is 2.58. The third-order valence-electron chi connectivity index (χ3n) is 2.58. The number of rotatable bonds is 8. The standard InChI is InChI=1S/C13H20N4O3/c1-9(2)17-10(13(19)20)4-3-5-16-12(18)11-8-14-6-7-15-11/h6-10,17H,3-5H2,1-2H3,(H,16,18)(H,19,20). The van der Waals surface area contributed by atoms with Crippen molar-refractivity contribution in [1.29, 1.82) is 0 Å². The molecule has 0 aromatic carbocycles. The molecule has 7 heteroatoms. The van der Waals surface area contributed by atoms with Crippen LogP contribution in [0.2, 0.25) is 0 Å². The van der Waals surface area contributed by atoms with E-state index in [4.69, 9.17) is 5.11 Å². The van der Waals surface area contributed by atoms with Crippen molar-refractivity contribution in [3.8, 4) is 0 Å². The van der Waals surface area contributed by atoms with Gasteiger partial charge in [-0.15, -0.1) is 0 Å². The summed E-state index contributed by atoms with van der Waals surface area (Å²) < 4.78 is 0. The smallest absolute Gasteiger partial charge is 0.320 e. The number of hydrogen-bond acceptors (Lipinski definition) is 5. The normalized spacial score (nSPS) is 12.2. The van der Waals surface area contributed by atoms with E-state index in [2.05, 4.69) is 20.6 Å². The Morgan fingerprint density at radius 1 is 1.35 bits per heavy atom. The molecule has 0 fully saturated rings. The monoisotopic (exact) mass is 280 g/mol. The van der Waals surface area contributed by atoms with Crippen molar-refractivity contribution in [2.24, 2.45) is 0 Å². The summed E-state index contributed by atoms with van der Waals surface area (Å²) in [6, 6.07) is -0.492. The van der Waals surface area contributed by atoms with Gasteiger partial charge in [-0.2, -0.15) is 0 Å². The molecule has 20 heavy (non-hydrogen) atoms. The van der Waals surface area contributed by atoms with Crippen LogP contribution in [0.1, 0.15) is 37.2 Å². The van der Waals surface area contributed by atoms with Crippen LogP contribution in [-0.4, -0.2) is 45.6 Å². The number of carbonyl (C=O) groups is 2. The molecule has 110 valence electrons. The number of carbonyl (C=O) groups excluding carboxylic acids is 1. The lowest BCUT2D eigenvalue weighted by atomic mass is 10.1. The highest BCUT2D eigenvalue weighted by atomic mass is 16.4. The van der Waals surface area contributed by atoms with Gasteiger partial charge in [-0.3, -0.25) is 14.6 Å². The van der Waals surface area contributed by atoms with Crippen LogP contribution in [0.5, 0.6) is 0 Å². The Morgan fingerprint density at radius 2 is 2.10 bits per heavy atom. The quantitative estimate of drug-likeness (QED) is 0.597. The largest absolute Gasteiger partial charge is 0.480 e. The molecule has 0 saturated heterocycles. The second-order valence-corrected chi connectivity index (χ2v) is 4.70. The molecule has 0 bridgehead atoms. The van der Waals surface area contributed by atoms with Crippen molar-refractivity contribution < 1.29 is 14.7 Å². The van der Waals surface area contributed by atoms with E-state index in [9.17, 15) is 9.59 Å². The number of aliphatic carboxylic acids is 1. The topological polar surface area (TPSA) is 104 Å². The predicted octanol–water partition coefficient (Wildman–Crippen LogP) is 0.438. The number of nitrogens with one attached hydrogen (secondary N) is 2. The Bertz CT molecular complexity index is 437. The second-order valence-electron chi connectivity index (χ2n) is 4.70. The van der Waals surface area contributed by atoms with Crippen molar-refractivity contribution in [3.05, 3.63) is 24.3 Å². The summed E-state index contributed by atoms with van der Waals surface area (Å²) in [5.41, 5.74) is 0.252. The highest BCUT2D eigenvalue weighted by molar-refractivity contribution is 5.91. The van der Waals surface area contributed by atoms with Gasteiger partial charge in [-0.1, -0.05) is 13.8 Å². The van der Waals surface area contributed by atoms with Crippen molar-refractivity contribution in [2.75, 3.05) is 6.54 Å². The Morgan fingerprint density at radius 3 is 2.65 bits per heavy atom. The zero-order chi connectivity index (χ0) is 15.0. The molecule has 1 amide bonds. The molecule has 0 saturated carbocycles. The number of nitrogens with zero attached hydrogens (tertiary/aromatic N) is 2. The summed E-state index contributed by atoms with van der Waals surface area (Å²) in [5, 5.41) is 14.7. The van der Waals surface area contributed by atoms with Crippen LogP contribution >= 0.6 is 0 Å². The van der Waals surface area contributed by atoms with Gasteiger partial charge in [-0.05, 0) is 12.8 Å². The summed E-state index contributed by atoms with van der Waals surface area (Å²) >= 11 is 0. The van der Waals surface area contributed by atoms with Gasteiger partial charge in [0.25, 0.3) is 5.91 Å². The molecule has 0 aliphatic heterocycles. The molecule has 1 rings (SSSR count). The first-order valence-electron chi connectivity index (χ1n) is 6.53. The van der Waals surface area contributed by atoms with Crippen LogP contribution in [0.15, 0.2) is 18.6 Å². The molecular formula is C13H20N4O3. The van der Waals surface area contributed by atoms with E-state index in [-0.39, 0.29) is 17.6 Å². The van der Waals surface area contributed by atoms with Gasteiger partial charge in [0.2, 0.25) is 0 Å². The molecule has 1 heterocycles. The first kappa shape index (κ1) is 16.0. The molecule has 0 aliphatic rings. The van der Waals surface area contributed by atoms with Gasteiger partial charge in [0.15, 0.2) is 0 Å². The number of hydrogen-bond donors (Lipinski definition) is 3. The lowest BCUT2D eigenvalue weighted by molar-refractivity contribution is -0.139. The van der Waals surface area contributed by atoms with Gasteiger partial charge in [-0.25, -0.2) is 4.98 Å². The molecule has 3 N–H and O–H groups in total. The highest BCUT2D eigenvalue weighted by Crippen LogP contribution is 1.99. The van der Waals surface area contributed by atoms with Crippen molar-refractivity contribution in [3.63, 3.8) is 0 Å². The average molecular weight is 280 g/mol. The Kier molecular flexibility index (Phi) is 6.58. The van der Waals surface area contributed by atoms with Gasteiger partial charge in [0.05, 0.1) is 6.20 Å². The zero-order valence-corrected chi connectivity index (χ0v) is 11.7. The number of amides is 1. The third kappa shape index (κ3) is 5.75. The zero-order valence-electron chi connectivity index (χ0n) is 11.7. The minimum Gasteiger partial charge on any atom is -0.480 e. The minimum absolute atomic E-state index is 0.102. The van der Waals surface area contributed by atoms with Crippen LogP contribution in [0.25, 0.3) is 0 Å². The van der Waals surface area contributed by atoms with E-state index in [0.717, 1.165) is 0 Å². The van der Waals surface area contributed by atoms with Crippen LogP contribution < -0.4 is 10.6 Å². The summed E-state index contributed by atoms with van der Waals surface area (Å²) in [6.07, 6.45) is 5.35. The lowest BCUT2D eigenvalue weighted by Crippen LogP contribution is -2.41. The molecule has 0 spiro atoms. The number of carboxylic acid groups (broad SMARTS) is 1. The van der Waals surface area contributed by atoms with E-state index in [1.807, 2.05) is 13.8 Å². The highest BCUT2D eigenvalue weighted by Gasteiger charge is 2.17. The number of carboxylic acids is 1. The van der Waals surface area contributed by atoms with Crippen molar-refractivity contribution in [1.82, 2.24) is 20.6 Å². The molecule has 1 unspecified atom stereocenters. The molecule has 0 radical (unpaired) electrons. The average Bonchev–Trinajstić information content (AvgIpc) is 2.42. The minimum atomic E-state index is -0.876. The van der Waals surface area contributed by atoms with E-state index >= 15 is 0 Å². The maximum atomic E-state index is 11.7. The SMILES string of the molecule is CC(C)NC(CCCNC(=O)c1cnccn1)C(=O)O. The molecular weight excluding hydrogens is 260 g/mol. The first-order valence-corrected chi connectivity index (χ1v) is 6.53. The lowest BCUT2D eigenvalue weighted by Gasteiger charge is -2.17. The van der Waals surface area contributed by atoms with Crippen molar-refractivity contribution in [2.45, 2.75) is 38.8 Å². The van der Waals surface area contributed by atoms with Crippen LogP contribution in [0.3, 0.4) is 0 Å². The van der Waals surface area contributed by atoms with E-state index in [1.165, 1.54) is 18.6 Å². The number of aromatic nitrogens is 2. The van der Waals surface area contributed by atoms with Crippen LogP contribution in [0.4, 0.5) is 0 Å². The Labute approximate surface area is 117 Å². The summed E-state index contributed by atoms with van der Waals surface area (Å²) in [7, 11) is 0. The van der Waals surface area contributed by atoms with Crippen LogP contribution in [-0.2, 0) is 4.79 Å². The maximum absolute atomic E-state index is 11.7. The fraction of sp³-hybridized carbons (Fsp3) is 0.538. The fourth-order valence-electron chi connectivity index (χ4n) is 1.70. The van der Waals surface area contributed by atoms with Gasteiger partial charge < -0.3 is 15.7 Å². The Balaban J connectivity index is 2.30. The molecule has 1 atom stereocenters. The Hall–Kier alpha value is -2.02. The molecule has 1 aromatic rings. The summed E-state index contributed by atoms with van der Waals surface area (Å²) in [6.45, 7) is 4.19. The van der Waals surface area contributed by atoms with Crippen molar-refractivity contribution >= 4 is 11.9 Å². The second kappa shape index (κ2) is 8.21. The van der Waals surface area contributed by atoms with Gasteiger partial charge >= 0.3 is 5.97 Å². The molecule has 7 nitrogen and oxygen atoms in total. The summed E-state index contributed by atoms with van der Waals surface area (Å²) in [4.78, 5) is 30.4. The maximum Gasteiger partial charge on any atom is 0.320 e. The van der Waals surface area contributed by atoms with Crippen LogP contribution in [0, 0.1) is 0 Å². The van der Waals surface area contributed by atoms with E-state index in [0.29, 0.717) is 19.4 Å². The molecule has 1 aromatic heterocycles. The fourth-order valence-corrected chi connectivity index (χ4v) is 1.70. The van der Waals surface area contributed by atoms with Gasteiger partial charge in [0.1, 0.15) is 11.7 Å². The predicted molar refractivity (Wildman–Crippen MR) is 73.3 cm³/mol. The van der Waals surface area contributed by atoms with E-state index in [1.54, 1.807) is 0 Å². The molecule has 0 aliphatic carbocycles. The van der Waals surface area contributed by atoms with E-state index < -0.39 is 12.0 Å².